The normalized spacial score (nSPS) is 25.8. The first-order valence-corrected chi connectivity index (χ1v) is 6.99. The van der Waals surface area contributed by atoms with Gasteiger partial charge in [-0.05, 0) is 31.0 Å². The van der Waals surface area contributed by atoms with Gasteiger partial charge in [-0.15, -0.1) is 0 Å². The first-order valence-electron chi connectivity index (χ1n) is 6.99. The lowest BCUT2D eigenvalue weighted by molar-refractivity contribution is 0.0693. The number of rotatable bonds is 2. The van der Waals surface area contributed by atoms with Crippen LogP contribution in [0.2, 0.25) is 0 Å². The predicted octanol–water partition coefficient (Wildman–Crippen LogP) is 1.63. The van der Waals surface area contributed by atoms with Crippen molar-refractivity contribution in [1.82, 2.24) is 4.90 Å². The van der Waals surface area contributed by atoms with Crippen molar-refractivity contribution in [2.24, 2.45) is 0 Å². The molecule has 2 N–H and O–H groups in total. The van der Waals surface area contributed by atoms with Gasteiger partial charge in [-0.3, -0.25) is 14.5 Å². The number of nitrogens with zero attached hydrogens (tertiary/aromatic N) is 1. The molecule has 106 valence electrons. The molecular weight excluding hydrogens is 256 g/mol. The summed E-state index contributed by atoms with van der Waals surface area (Å²) in [5.74, 6) is -0.521. The molecule has 1 saturated carbocycles. The highest BCUT2D eigenvalue weighted by Gasteiger charge is 2.33. The van der Waals surface area contributed by atoms with Crippen LogP contribution in [0, 0.1) is 0 Å². The van der Waals surface area contributed by atoms with Crippen LogP contribution in [0.3, 0.4) is 0 Å². The number of carbonyl (C=O) groups excluding carboxylic acids is 2. The Kier molecular flexibility index (Phi) is 3.22. The molecule has 2 aliphatic rings. The van der Waals surface area contributed by atoms with Gasteiger partial charge in [-0.1, -0.05) is 12.8 Å². The highest BCUT2D eigenvalue weighted by molar-refractivity contribution is 6.21. The molecule has 0 radical (unpaired) electrons. The maximum Gasteiger partial charge on any atom is 0.261 e. The lowest BCUT2D eigenvalue weighted by Gasteiger charge is -2.29. The number of aliphatic hydroxyl groups excluding tert-OH is 1. The van der Waals surface area contributed by atoms with Crippen molar-refractivity contribution >= 4 is 17.5 Å². The molecule has 5 nitrogen and oxygen atoms in total. The van der Waals surface area contributed by atoms with E-state index < -0.39 is 0 Å². The quantitative estimate of drug-likeness (QED) is 0.804. The van der Waals surface area contributed by atoms with E-state index in [-0.39, 0.29) is 24.0 Å². The van der Waals surface area contributed by atoms with Crippen LogP contribution in [0.25, 0.3) is 0 Å². The zero-order valence-corrected chi connectivity index (χ0v) is 11.4. The second-order valence-electron chi connectivity index (χ2n) is 5.53. The summed E-state index contributed by atoms with van der Waals surface area (Å²) < 4.78 is 0. The fourth-order valence-electron chi connectivity index (χ4n) is 2.94. The molecule has 1 aliphatic carbocycles. The Labute approximate surface area is 117 Å². The van der Waals surface area contributed by atoms with Gasteiger partial charge in [0.05, 0.1) is 23.3 Å². The maximum atomic E-state index is 11.9. The highest BCUT2D eigenvalue weighted by Crippen LogP contribution is 2.27. The number of anilines is 1. The van der Waals surface area contributed by atoms with E-state index in [1.807, 2.05) is 0 Å². The van der Waals surface area contributed by atoms with Gasteiger partial charge in [0.1, 0.15) is 0 Å². The van der Waals surface area contributed by atoms with E-state index in [1.165, 1.54) is 7.05 Å². The van der Waals surface area contributed by atoms with Crippen LogP contribution >= 0.6 is 0 Å². The van der Waals surface area contributed by atoms with Gasteiger partial charge in [0.25, 0.3) is 11.8 Å². The van der Waals surface area contributed by atoms with Crippen LogP contribution in [0.1, 0.15) is 46.4 Å². The highest BCUT2D eigenvalue weighted by atomic mass is 16.3. The van der Waals surface area contributed by atoms with Crippen molar-refractivity contribution in [3.05, 3.63) is 29.3 Å². The number of hydrogen-bond donors (Lipinski definition) is 2. The summed E-state index contributed by atoms with van der Waals surface area (Å²) in [6.07, 6.45) is 3.53. The third-order valence-corrected chi connectivity index (χ3v) is 4.17. The van der Waals surface area contributed by atoms with Crippen LogP contribution < -0.4 is 5.32 Å². The molecule has 0 spiro atoms. The Morgan fingerprint density at radius 2 is 1.85 bits per heavy atom. The van der Waals surface area contributed by atoms with Crippen molar-refractivity contribution in [2.75, 3.05) is 12.4 Å². The molecule has 2 amide bonds. The molecule has 0 aromatic heterocycles. The van der Waals surface area contributed by atoms with Crippen molar-refractivity contribution < 1.29 is 14.7 Å². The first kappa shape index (κ1) is 13.1. The SMILES string of the molecule is CN1C(=O)c2ccc(N[C@H]3CCCC[C@@H]3O)cc2C1=O. The summed E-state index contributed by atoms with van der Waals surface area (Å²) in [5, 5.41) is 13.2. The molecule has 1 aromatic rings. The zero-order valence-electron chi connectivity index (χ0n) is 11.4. The van der Waals surface area contributed by atoms with Crippen molar-refractivity contribution in [2.45, 2.75) is 37.8 Å². The number of amides is 2. The Morgan fingerprint density at radius 1 is 1.15 bits per heavy atom. The number of nitrogens with one attached hydrogen (secondary N) is 1. The van der Waals surface area contributed by atoms with Crippen LogP contribution in [0.15, 0.2) is 18.2 Å². The third-order valence-electron chi connectivity index (χ3n) is 4.17. The smallest absolute Gasteiger partial charge is 0.261 e. The van der Waals surface area contributed by atoms with Gasteiger partial charge in [-0.25, -0.2) is 0 Å². The molecule has 0 unspecified atom stereocenters. The molecule has 1 aromatic carbocycles. The van der Waals surface area contributed by atoms with E-state index in [4.69, 9.17) is 0 Å². The topological polar surface area (TPSA) is 69.6 Å². The molecule has 1 heterocycles. The predicted molar refractivity (Wildman–Crippen MR) is 74.8 cm³/mol. The Balaban J connectivity index is 1.83. The van der Waals surface area contributed by atoms with Gasteiger partial charge < -0.3 is 10.4 Å². The summed E-state index contributed by atoms with van der Waals surface area (Å²) in [7, 11) is 1.49. The summed E-state index contributed by atoms with van der Waals surface area (Å²) in [4.78, 5) is 24.9. The first-order chi connectivity index (χ1) is 9.58. The molecule has 0 bridgehead atoms. The lowest BCUT2D eigenvalue weighted by atomic mass is 9.92. The minimum absolute atomic E-state index is 0.0201. The van der Waals surface area contributed by atoms with E-state index in [9.17, 15) is 14.7 Å². The minimum atomic E-state index is -0.350. The standard InChI is InChI=1S/C15H18N2O3/c1-17-14(19)10-7-6-9(8-11(10)15(17)20)16-12-4-2-3-5-13(12)18/h6-8,12-13,16,18H,2-5H2,1H3/t12-,13-/m0/s1. The Hall–Kier alpha value is -1.88. The number of carbonyl (C=O) groups is 2. The molecule has 5 heteroatoms. The third kappa shape index (κ3) is 2.08. The van der Waals surface area contributed by atoms with E-state index in [0.717, 1.165) is 36.3 Å². The molecular formula is C15H18N2O3. The number of benzene rings is 1. The number of fused-ring (bicyclic) bond motifs is 1. The average molecular weight is 274 g/mol. The van der Waals surface area contributed by atoms with Gasteiger partial charge in [0, 0.05) is 12.7 Å². The van der Waals surface area contributed by atoms with Gasteiger partial charge >= 0.3 is 0 Å². The lowest BCUT2D eigenvalue weighted by Crippen LogP contribution is -2.36. The monoisotopic (exact) mass is 274 g/mol. The fourth-order valence-corrected chi connectivity index (χ4v) is 2.94. The summed E-state index contributed by atoms with van der Waals surface area (Å²) in [6.45, 7) is 0. The molecule has 20 heavy (non-hydrogen) atoms. The van der Waals surface area contributed by atoms with Crippen LogP contribution in [-0.2, 0) is 0 Å². The van der Waals surface area contributed by atoms with Gasteiger partial charge in [0.15, 0.2) is 0 Å². The molecule has 3 rings (SSSR count). The number of hydrogen-bond acceptors (Lipinski definition) is 4. The molecule has 1 fully saturated rings. The van der Waals surface area contributed by atoms with Crippen LogP contribution in [0.4, 0.5) is 5.69 Å². The van der Waals surface area contributed by atoms with Crippen LogP contribution in [0.5, 0.6) is 0 Å². The van der Waals surface area contributed by atoms with E-state index >= 15 is 0 Å². The average Bonchev–Trinajstić information content (AvgIpc) is 2.66. The minimum Gasteiger partial charge on any atom is -0.391 e. The second kappa shape index (κ2) is 4.90. The molecule has 0 saturated heterocycles. The maximum absolute atomic E-state index is 11.9. The van der Waals surface area contributed by atoms with Gasteiger partial charge in [0.2, 0.25) is 0 Å². The Morgan fingerprint density at radius 3 is 2.60 bits per heavy atom. The summed E-state index contributed by atoms with van der Waals surface area (Å²) >= 11 is 0. The van der Waals surface area contributed by atoms with Gasteiger partial charge in [-0.2, -0.15) is 0 Å². The van der Waals surface area contributed by atoms with E-state index in [2.05, 4.69) is 5.32 Å². The summed E-state index contributed by atoms with van der Waals surface area (Å²) in [6, 6.07) is 5.20. The Bertz CT molecular complexity index is 570. The number of imide groups is 1. The van der Waals surface area contributed by atoms with E-state index in [1.54, 1.807) is 18.2 Å². The van der Waals surface area contributed by atoms with Crippen molar-refractivity contribution in [3.63, 3.8) is 0 Å². The fraction of sp³-hybridized carbons (Fsp3) is 0.467. The number of aliphatic hydroxyl groups is 1. The largest absolute Gasteiger partial charge is 0.391 e. The molecule has 2 atom stereocenters. The summed E-state index contributed by atoms with van der Waals surface area (Å²) in [5.41, 5.74) is 1.67. The zero-order chi connectivity index (χ0) is 14.3. The second-order valence-corrected chi connectivity index (χ2v) is 5.53. The van der Waals surface area contributed by atoms with E-state index in [0.29, 0.717) is 11.1 Å². The molecule has 1 aliphatic heterocycles. The van der Waals surface area contributed by atoms with Crippen LogP contribution in [-0.4, -0.2) is 41.0 Å². The van der Waals surface area contributed by atoms with Crippen molar-refractivity contribution in [3.8, 4) is 0 Å². The van der Waals surface area contributed by atoms with Crippen molar-refractivity contribution in [1.29, 1.82) is 0 Å².